The quantitative estimate of drug-likeness (QED) is 0.690. The van der Waals surface area contributed by atoms with Crippen molar-refractivity contribution in [2.75, 3.05) is 13.7 Å². The van der Waals surface area contributed by atoms with E-state index in [0.29, 0.717) is 6.54 Å². The van der Waals surface area contributed by atoms with Crippen LogP contribution < -0.4 is 0 Å². The highest BCUT2D eigenvalue weighted by molar-refractivity contribution is 5.71. The van der Waals surface area contributed by atoms with Crippen molar-refractivity contribution in [2.45, 2.75) is 25.3 Å². The van der Waals surface area contributed by atoms with E-state index in [1.807, 2.05) is 0 Å². The minimum absolute atomic E-state index is 0.00903. The number of hydrogen-bond donors (Lipinski definition) is 1. The summed E-state index contributed by atoms with van der Waals surface area (Å²) in [4.78, 5) is 23.0. The number of amides is 1. The van der Waals surface area contributed by atoms with Crippen LogP contribution in [0, 0.1) is 0 Å². The SMILES string of the molecule is COC(=O)N1CCC[C@H]1CC(=O)O. The molecule has 1 heterocycles. The molecule has 1 fully saturated rings. The van der Waals surface area contributed by atoms with E-state index >= 15 is 0 Å². The zero-order valence-electron chi connectivity index (χ0n) is 7.52. The van der Waals surface area contributed by atoms with Crippen LogP contribution in [0.1, 0.15) is 19.3 Å². The van der Waals surface area contributed by atoms with Crippen LogP contribution in [0.15, 0.2) is 0 Å². The zero-order valence-corrected chi connectivity index (χ0v) is 7.52. The van der Waals surface area contributed by atoms with E-state index in [1.165, 1.54) is 12.0 Å². The van der Waals surface area contributed by atoms with Crippen LogP contribution in [0.2, 0.25) is 0 Å². The fourth-order valence-corrected chi connectivity index (χ4v) is 1.61. The van der Waals surface area contributed by atoms with Crippen molar-refractivity contribution in [3.63, 3.8) is 0 Å². The first-order valence-corrected chi connectivity index (χ1v) is 4.21. The molecule has 1 aliphatic heterocycles. The van der Waals surface area contributed by atoms with E-state index in [-0.39, 0.29) is 12.5 Å². The number of ether oxygens (including phenoxy) is 1. The monoisotopic (exact) mass is 187 g/mol. The first-order chi connectivity index (χ1) is 6.15. The summed E-state index contributed by atoms with van der Waals surface area (Å²) >= 11 is 0. The van der Waals surface area contributed by atoms with Crippen LogP contribution in [-0.2, 0) is 9.53 Å². The van der Waals surface area contributed by atoms with Gasteiger partial charge in [0.1, 0.15) is 0 Å². The molecule has 13 heavy (non-hydrogen) atoms. The number of carboxylic acids is 1. The summed E-state index contributed by atoms with van der Waals surface area (Å²) in [6, 6.07) is -0.190. The molecule has 0 aromatic carbocycles. The number of likely N-dealkylation sites (tertiary alicyclic amines) is 1. The number of rotatable bonds is 2. The van der Waals surface area contributed by atoms with Gasteiger partial charge < -0.3 is 14.7 Å². The van der Waals surface area contributed by atoms with Gasteiger partial charge in [-0.3, -0.25) is 4.79 Å². The first kappa shape index (κ1) is 9.83. The third-order valence-corrected chi connectivity index (χ3v) is 2.20. The van der Waals surface area contributed by atoms with Gasteiger partial charge in [-0.2, -0.15) is 0 Å². The number of aliphatic carboxylic acids is 1. The Morgan fingerprint density at radius 1 is 1.62 bits per heavy atom. The van der Waals surface area contributed by atoms with Crippen molar-refractivity contribution >= 4 is 12.1 Å². The van der Waals surface area contributed by atoms with Crippen LogP contribution in [0.5, 0.6) is 0 Å². The summed E-state index contributed by atoms with van der Waals surface area (Å²) in [5.41, 5.74) is 0. The van der Waals surface area contributed by atoms with Crippen LogP contribution in [0.3, 0.4) is 0 Å². The van der Waals surface area contributed by atoms with Crippen molar-refractivity contribution in [2.24, 2.45) is 0 Å². The predicted octanol–water partition coefficient (Wildman–Crippen LogP) is 0.692. The molecule has 0 radical (unpaired) electrons. The number of carbonyl (C=O) groups excluding carboxylic acids is 1. The van der Waals surface area contributed by atoms with Gasteiger partial charge in [0.25, 0.3) is 0 Å². The molecule has 0 bridgehead atoms. The second-order valence-electron chi connectivity index (χ2n) is 3.06. The molecule has 1 aliphatic rings. The van der Waals surface area contributed by atoms with Crippen LogP contribution in [0.4, 0.5) is 4.79 Å². The summed E-state index contributed by atoms with van der Waals surface area (Å²) in [6.07, 6.45) is 1.19. The second-order valence-corrected chi connectivity index (χ2v) is 3.06. The topological polar surface area (TPSA) is 66.8 Å². The average molecular weight is 187 g/mol. The van der Waals surface area contributed by atoms with Gasteiger partial charge in [0.2, 0.25) is 0 Å². The Balaban J connectivity index is 2.53. The molecule has 5 heteroatoms. The minimum Gasteiger partial charge on any atom is -0.481 e. The Morgan fingerprint density at radius 2 is 2.31 bits per heavy atom. The highest BCUT2D eigenvalue weighted by atomic mass is 16.5. The van der Waals surface area contributed by atoms with Gasteiger partial charge in [0.05, 0.1) is 13.5 Å². The van der Waals surface area contributed by atoms with Crippen molar-refractivity contribution in [3.8, 4) is 0 Å². The van der Waals surface area contributed by atoms with Gasteiger partial charge in [-0.25, -0.2) is 4.79 Å². The third kappa shape index (κ3) is 2.34. The molecule has 0 aromatic rings. The maximum absolute atomic E-state index is 11.1. The van der Waals surface area contributed by atoms with E-state index in [4.69, 9.17) is 5.11 Å². The lowest BCUT2D eigenvalue weighted by Crippen LogP contribution is -2.36. The minimum atomic E-state index is -0.874. The third-order valence-electron chi connectivity index (χ3n) is 2.20. The molecule has 0 aromatic heterocycles. The largest absolute Gasteiger partial charge is 0.481 e. The Hall–Kier alpha value is -1.26. The van der Waals surface area contributed by atoms with Crippen molar-refractivity contribution in [1.82, 2.24) is 4.90 Å². The van der Waals surface area contributed by atoms with Gasteiger partial charge in [0.15, 0.2) is 0 Å². The standard InChI is InChI=1S/C8H13NO4/c1-13-8(12)9-4-2-3-6(9)5-7(10)11/h6H,2-5H2,1H3,(H,10,11)/t6-/m0/s1. The molecule has 0 saturated carbocycles. The fourth-order valence-electron chi connectivity index (χ4n) is 1.61. The number of methoxy groups -OCH3 is 1. The Bertz CT molecular complexity index is 216. The lowest BCUT2D eigenvalue weighted by atomic mass is 10.1. The lowest BCUT2D eigenvalue weighted by Gasteiger charge is -2.21. The van der Waals surface area contributed by atoms with Crippen LogP contribution >= 0.6 is 0 Å². The van der Waals surface area contributed by atoms with Gasteiger partial charge in [-0.15, -0.1) is 0 Å². The fraction of sp³-hybridized carbons (Fsp3) is 0.750. The molecule has 1 saturated heterocycles. The Labute approximate surface area is 76.3 Å². The summed E-state index contributed by atoms with van der Waals surface area (Å²) in [5.74, 6) is -0.874. The summed E-state index contributed by atoms with van der Waals surface area (Å²) in [5, 5.41) is 8.57. The molecular formula is C8H13NO4. The molecule has 1 rings (SSSR count). The molecular weight excluding hydrogens is 174 g/mol. The molecule has 74 valence electrons. The summed E-state index contributed by atoms with van der Waals surface area (Å²) in [7, 11) is 1.30. The molecule has 0 aliphatic carbocycles. The molecule has 0 unspecified atom stereocenters. The number of carboxylic acid groups (broad SMARTS) is 1. The summed E-state index contributed by atoms with van der Waals surface area (Å²) < 4.78 is 4.54. The van der Waals surface area contributed by atoms with E-state index in [9.17, 15) is 9.59 Å². The Kier molecular flexibility index (Phi) is 3.11. The van der Waals surface area contributed by atoms with Crippen LogP contribution in [-0.4, -0.2) is 41.8 Å². The van der Waals surface area contributed by atoms with Gasteiger partial charge in [-0.1, -0.05) is 0 Å². The smallest absolute Gasteiger partial charge is 0.409 e. The summed E-state index contributed by atoms with van der Waals surface area (Å²) in [6.45, 7) is 0.602. The van der Waals surface area contributed by atoms with Crippen molar-refractivity contribution in [1.29, 1.82) is 0 Å². The normalized spacial score (nSPS) is 21.6. The van der Waals surface area contributed by atoms with E-state index in [2.05, 4.69) is 4.74 Å². The maximum Gasteiger partial charge on any atom is 0.409 e. The zero-order chi connectivity index (χ0) is 9.84. The highest BCUT2D eigenvalue weighted by Crippen LogP contribution is 2.20. The first-order valence-electron chi connectivity index (χ1n) is 4.21. The molecule has 1 N–H and O–H groups in total. The Morgan fingerprint density at radius 3 is 2.85 bits per heavy atom. The van der Waals surface area contributed by atoms with Gasteiger partial charge in [-0.05, 0) is 12.8 Å². The average Bonchev–Trinajstić information content (AvgIpc) is 2.50. The number of nitrogens with zero attached hydrogens (tertiary/aromatic N) is 1. The van der Waals surface area contributed by atoms with Crippen LogP contribution in [0.25, 0.3) is 0 Å². The lowest BCUT2D eigenvalue weighted by molar-refractivity contribution is -0.138. The number of hydrogen-bond acceptors (Lipinski definition) is 3. The highest BCUT2D eigenvalue weighted by Gasteiger charge is 2.30. The maximum atomic E-state index is 11.1. The van der Waals surface area contributed by atoms with E-state index < -0.39 is 12.1 Å². The molecule has 0 spiro atoms. The van der Waals surface area contributed by atoms with E-state index in [1.54, 1.807) is 0 Å². The van der Waals surface area contributed by atoms with Gasteiger partial charge in [0, 0.05) is 12.6 Å². The second kappa shape index (κ2) is 4.11. The van der Waals surface area contributed by atoms with Crippen molar-refractivity contribution < 1.29 is 19.4 Å². The molecule has 1 atom stereocenters. The number of carbonyl (C=O) groups is 2. The molecule has 5 nitrogen and oxygen atoms in total. The van der Waals surface area contributed by atoms with Crippen molar-refractivity contribution in [3.05, 3.63) is 0 Å². The molecule has 1 amide bonds. The predicted molar refractivity (Wildman–Crippen MR) is 44.4 cm³/mol. The van der Waals surface area contributed by atoms with Gasteiger partial charge >= 0.3 is 12.1 Å². The van der Waals surface area contributed by atoms with E-state index in [0.717, 1.165) is 12.8 Å².